The highest BCUT2D eigenvalue weighted by atomic mass is 32.2. The lowest BCUT2D eigenvalue weighted by atomic mass is 10.1. The number of rotatable bonds is 5. The van der Waals surface area contributed by atoms with Crippen LogP contribution in [0.5, 0.6) is 0 Å². The molecule has 0 saturated heterocycles. The van der Waals surface area contributed by atoms with Gasteiger partial charge in [-0.3, -0.25) is 9.52 Å². The van der Waals surface area contributed by atoms with Crippen LogP contribution >= 0.6 is 11.3 Å². The molecule has 1 aromatic heterocycles. The quantitative estimate of drug-likeness (QED) is 0.833. The summed E-state index contributed by atoms with van der Waals surface area (Å²) in [6.07, 6.45) is 1.40. The Labute approximate surface area is 104 Å². The summed E-state index contributed by atoms with van der Waals surface area (Å²) in [5.41, 5.74) is 0. The van der Waals surface area contributed by atoms with E-state index in [1.807, 2.05) is 13.8 Å². The van der Waals surface area contributed by atoms with Crippen LogP contribution in [-0.4, -0.2) is 30.8 Å². The largest absolute Gasteiger partial charge is 0.300 e. The maximum Gasteiger partial charge on any atom is 0.231 e. The number of aromatic nitrogens is 2. The molecule has 0 aliphatic rings. The number of nitrogens with zero attached hydrogens (tertiary/aromatic N) is 2. The number of sulfonamides is 1. The van der Waals surface area contributed by atoms with Gasteiger partial charge < -0.3 is 5.32 Å². The van der Waals surface area contributed by atoms with Crippen LogP contribution in [0, 0.1) is 5.92 Å². The van der Waals surface area contributed by atoms with Crippen LogP contribution in [0.4, 0.5) is 10.3 Å². The van der Waals surface area contributed by atoms with Crippen LogP contribution in [0.2, 0.25) is 0 Å². The number of nitrogens with one attached hydrogen (secondary N) is 2. The lowest BCUT2D eigenvalue weighted by Crippen LogP contribution is -2.13. The van der Waals surface area contributed by atoms with Gasteiger partial charge in [0.15, 0.2) is 0 Å². The summed E-state index contributed by atoms with van der Waals surface area (Å²) in [7, 11) is -3.37. The Bertz CT molecular complexity index is 495. The van der Waals surface area contributed by atoms with Gasteiger partial charge in [0.1, 0.15) is 0 Å². The average Bonchev–Trinajstić information content (AvgIpc) is 2.46. The molecule has 0 radical (unpaired) electrons. The number of hydrogen-bond donors (Lipinski definition) is 2. The topological polar surface area (TPSA) is 101 Å². The zero-order valence-corrected chi connectivity index (χ0v) is 11.4. The normalized spacial score (nSPS) is 11.5. The van der Waals surface area contributed by atoms with E-state index < -0.39 is 10.0 Å². The SMILES string of the molecule is CC(C)CC(=O)Nc1nnc(NS(C)(=O)=O)s1. The molecule has 0 atom stereocenters. The molecule has 96 valence electrons. The van der Waals surface area contributed by atoms with Gasteiger partial charge in [0.25, 0.3) is 0 Å². The molecule has 1 aromatic rings. The first-order valence-electron chi connectivity index (χ1n) is 4.87. The molecule has 2 N–H and O–H groups in total. The van der Waals surface area contributed by atoms with E-state index in [9.17, 15) is 13.2 Å². The summed E-state index contributed by atoms with van der Waals surface area (Å²) in [4.78, 5) is 11.4. The fraction of sp³-hybridized carbons (Fsp3) is 0.625. The Morgan fingerprint density at radius 3 is 2.47 bits per heavy atom. The van der Waals surface area contributed by atoms with E-state index in [1.54, 1.807) is 0 Å². The zero-order chi connectivity index (χ0) is 13.1. The number of amides is 1. The van der Waals surface area contributed by atoms with E-state index in [2.05, 4.69) is 20.2 Å². The molecule has 1 heterocycles. The van der Waals surface area contributed by atoms with Gasteiger partial charge >= 0.3 is 0 Å². The van der Waals surface area contributed by atoms with E-state index in [-0.39, 0.29) is 22.1 Å². The van der Waals surface area contributed by atoms with Gasteiger partial charge in [-0.15, -0.1) is 10.2 Å². The first-order chi connectivity index (χ1) is 7.76. The summed E-state index contributed by atoms with van der Waals surface area (Å²) in [5, 5.41) is 10.2. The molecule has 0 aliphatic heterocycles. The van der Waals surface area contributed by atoms with Crippen molar-refractivity contribution < 1.29 is 13.2 Å². The van der Waals surface area contributed by atoms with Crippen LogP contribution in [0.1, 0.15) is 20.3 Å². The predicted molar refractivity (Wildman–Crippen MR) is 66.5 cm³/mol. The fourth-order valence-electron chi connectivity index (χ4n) is 1.01. The number of anilines is 2. The van der Waals surface area contributed by atoms with Crippen molar-refractivity contribution in [3.63, 3.8) is 0 Å². The second-order valence-corrected chi connectivity index (χ2v) is 6.66. The monoisotopic (exact) mass is 278 g/mol. The van der Waals surface area contributed by atoms with Gasteiger partial charge in [-0.1, -0.05) is 25.2 Å². The summed E-state index contributed by atoms with van der Waals surface area (Å²) in [6.45, 7) is 3.85. The molecular formula is C8H14N4O3S2. The van der Waals surface area contributed by atoms with Crippen LogP contribution in [0.25, 0.3) is 0 Å². The third kappa shape index (κ3) is 5.59. The number of hydrogen-bond acceptors (Lipinski definition) is 6. The summed E-state index contributed by atoms with van der Waals surface area (Å²) >= 11 is 0.971. The van der Waals surface area contributed by atoms with Crippen molar-refractivity contribution in [2.75, 3.05) is 16.3 Å². The Hall–Kier alpha value is -1.22. The van der Waals surface area contributed by atoms with Crippen molar-refractivity contribution in [2.45, 2.75) is 20.3 Å². The minimum Gasteiger partial charge on any atom is -0.300 e. The molecule has 1 rings (SSSR count). The lowest BCUT2D eigenvalue weighted by molar-refractivity contribution is -0.116. The second kappa shape index (κ2) is 5.41. The van der Waals surface area contributed by atoms with Crippen molar-refractivity contribution >= 4 is 37.5 Å². The van der Waals surface area contributed by atoms with Crippen molar-refractivity contribution in [1.82, 2.24) is 10.2 Å². The molecule has 0 spiro atoms. The van der Waals surface area contributed by atoms with Crippen molar-refractivity contribution in [2.24, 2.45) is 5.92 Å². The molecule has 0 bridgehead atoms. The van der Waals surface area contributed by atoms with Crippen LogP contribution in [-0.2, 0) is 14.8 Å². The first-order valence-corrected chi connectivity index (χ1v) is 7.58. The van der Waals surface area contributed by atoms with E-state index in [0.717, 1.165) is 17.6 Å². The van der Waals surface area contributed by atoms with E-state index >= 15 is 0 Å². The van der Waals surface area contributed by atoms with Crippen LogP contribution in [0.3, 0.4) is 0 Å². The molecule has 0 aliphatic carbocycles. The number of carbonyl (C=O) groups excluding carboxylic acids is 1. The van der Waals surface area contributed by atoms with Gasteiger partial charge in [-0.25, -0.2) is 8.42 Å². The first kappa shape index (κ1) is 13.8. The summed E-state index contributed by atoms with van der Waals surface area (Å²) in [6, 6.07) is 0. The van der Waals surface area contributed by atoms with Crippen LogP contribution in [0.15, 0.2) is 0 Å². The molecule has 0 aromatic carbocycles. The van der Waals surface area contributed by atoms with Crippen molar-refractivity contribution in [3.05, 3.63) is 0 Å². The third-order valence-corrected chi connectivity index (χ3v) is 2.99. The maximum absolute atomic E-state index is 11.4. The predicted octanol–water partition coefficient (Wildman–Crippen LogP) is 0.894. The van der Waals surface area contributed by atoms with Gasteiger partial charge in [0.05, 0.1) is 6.26 Å². The Kier molecular flexibility index (Phi) is 4.40. The number of carbonyl (C=O) groups is 1. The minimum absolute atomic E-state index is 0.132. The van der Waals surface area contributed by atoms with E-state index in [1.165, 1.54) is 0 Å². The molecule has 0 saturated carbocycles. The standard InChI is InChI=1S/C8H14N4O3S2/c1-5(2)4-6(13)9-7-10-11-8(16-7)12-17(3,14)15/h5H,4H2,1-3H3,(H,11,12)(H,9,10,13). The molecule has 7 nitrogen and oxygen atoms in total. The Morgan fingerprint density at radius 2 is 1.94 bits per heavy atom. The molecular weight excluding hydrogens is 264 g/mol. The summed E-state index contributed by atoms with van der Waals surface area (Å²) < 4.78 is 24.0. The molecule has 0 fully saturated rings. The Balaban J connectivity index is 2.60. The zero-order valence-electron chi connectivity index (χ0n) is 9.72. The molecule has 17 heavy (non-hydrogen) atoms. The third-order valence-electron chi connectivity index (χ3n) is 1.54. The highest BCUT2D eigenvalue weighted by Crippen LogP contribution is 2.20. The van der Waals surface area contributed by atoms with Crippen LogP contribution < -0.4 is 10.0 Å². The fourth-order valence-corrected chi connectivity index (χ4v) is 2.50. The smallest absolute Gasteiger partial charge is 0.231 e. The highest BCUT2D eigenvalue weighted by Gasteiger charge is 2.11. The summed E-state index contributed by atoms with van der Waals surface area (Å²) in [5.74, 6) is 0.0820. The molecule has 9 heteroatoms. The second-order valence-electron chi connectivity index (χ2n) is 3.93. The lowest BCUT2D eigenvalue weighted by Gasteiger charge is -2.02. The van der Waals surface area contributed by atoms with Crippen molar-refractivity contribution in [3.8, 4) is 0 Å². The van der Waals surface area contributed by atoms with E-state index in [4.69, 9.17) is 0 Å². The van der Waals surface area contributed by atoms with Gasteiger partial charge in [-0.05, 0) is 5.92 Å². The molecule has 1 amide bonds. The van der Waals surface area contributed by atoms with Gasteiger partial charge in [0.2, 0.25) is 26.2 Å². The van der Waals surface area contributed by atoms with E-state index in [0.29, 0.717) is 6.42 Å². The van der Waals surface area contributed by atoms with Crippen molar-refractivity contribution in [1.29, 1.82) is 0 Å². The maximum atomic E-state index is 11.4. The van der Waals surface area contributed by atoms with Gasteiger partial charge in [0, 0.05) is 6.42 Å². The highest BCUT2D eigenvalue weighted by molar-refractivity contribution is 7.92. The Morgan fingerprint density at radius 1 is 1.35 bits per heavy atom. The molecule has 0 unspecified atom stereocenters. The average molecular weight is 278 g/mol. The minimum atomic E-state index is -3.37. The van der Waals surface area contributed by atoms with Gasteiger partial charge in [-0.2, -0.15) is 0 Å².